The van der Waals surface area contributed by atoms with Gasteiger partial charge in [-0.3, -0.25) is 0 Å². The number of anilines is 1. The SMILES string of the molecule is CN(CCOc1ccc(S(=O)(=O)N2CCOCC2)cc1)c1ccccc1. The summed E-state index contributed by atoms with van der Waals surface area (Å²) >= 11 is 0. The van der Waals surface area contributed by atoms with Gasteiger partial charge < -0.3 is 14.4 Å². The average molecular weight is 376 g/mol. The van der Waals surface area contributed by atoms with Crippen LogP contribution in [-0.4, -0.2) is 59.2 Å². The lowest BCUT2D eigenvalue weighted by atomic mass is 10.3. The molecule has 3 rings (SSSR count). The lowest BCUT2D eigenvalue weighted by molar-refractivity contribution is 0.0730. The van der Waals surface area contributed by atoms with E-state index in [1.54, 1.807) is 24.3 Å². The highest BCUT2D eigenvalue weighted by Crippen LogP contribution is 2.20. The van der Waals surface area contributed by atoms with Crippen LogP contribution >= 0.6 is 0 Å². The van der Waals surface area contributed by atoms with E-state index < -0.39 is 10.0 Å². The number of hydrogen-bond donors (Lipinski definition) is 0. The van der Waals surface area contributed by atoms with E-state index in [1.807, 2.05) is 37.4 Å². The summed E-state index contributed by atoms with van der Waals surface area (Å²) < 4.78 is 37.6. The minimum Gasteiger partial charge on any atom is -0.492 e. The van der Waals surface area contributed by atoms with Gasteiger partial charge in [0.1, 0.15) is 12.4 Å². The number of benzene rings is 2. The fourth-order valence-electron chi connectivity index (χ4n) is 2.76. The van der Waals surface area contributed by atoms with Crippen LogP contribution < -0.4 is 9.64 Å². The van der Waals surface area contributed by atoms with Crippen molar-refractivity contribution in [2.45, 2.75) is 4.90 Å². The molecule has 2 aromatic rings. The van der Waals surface area contributed by atoms with Gasteiger partial charge in [0.05, 0.1) is 24.7 Å². The fraction of sp³-hybridized carbons (Fsp3) is 0.368. The first-order valence-corrected chi connectivity index (χ1v) is 10.1. The Bertz CT molecular complexity index is 788. The van der Waals surface area contributed by atoms with Crippen molar-refractivity contribution in [2.75, 3.05) is 51.4 Å². The van der Waals surface area contributed by atoms with Crippen LogP contribution in [0.15, 0.2) is 59.5 Å². The van der Waals surface area contributed by atoms with Crippen molar-refractivity contribution in [3.05, 3.63) is 54.6 Å². The number of likely N-dealkylation sites (N-methyl/N-ethyl adjacent to an activating group) is 1. The molecule has 0 radical (unpaired) electrons. The van der Waals surface area contributed by atoms with Crippen LogP contribution in [0.5, 0.6) is 5.75 Å². The second kappa shape index (κ2) is 8.53. The van der Waals surface area contributed by atoms with Gasteiger partial charge in [0.15, 0.2) is 0 Å². The molecule has 0 amide bonds. The maximum Gasteiger partial charge on any atom is 0.243 e. The molecule has 0 aromatic heterocycles. The minimum absolute atomic E-state index is 0.285. The molecule has 1 fully saturated rings. The Hall–Kier alpha value is -2.09. The summed E-state index contributed by atoms with van der Waals surface area (Å²) in [5.74, 6) is 0.660. The number of nitrogens with zero attached hydrogens (tertiary/aromatic N) is 2. The Morgan fingerprint density at radius 2 is 1.69 bits per heavy atom. The first kappa shape index (κ1) is 18.7. The molecule has 0 saturated carbocycles. The maximum atomic E-state index is 12.6. The fourth-order valence-corrected chi connectivity index (χ4v) is 4.16. The Kier molecular flexibility index (Phi) is 6.13. The van der Waals surface area contributed by atoms with Crippen LogP contribution in [0.25, 0.3) is 0 Å². The predicted molar refractivity (Wildman–Crippen MR) is 101 cm³/mol. The zero-order valence-corrected chi connectivity index (χ0v) is 15.7. The largest absolute Gasteiger partial charge is 0.492 e. The van der Waals surface area contributed by atoms with Gasteiger partial charge in [-0.15, -0.1) is 0 Å². The van der Waals surface area contributed by atoms with Gasteiger partial charge in [0, 0.05) is 25.8 Å². The minimum atomic E-state index is -3.46. The van der Waals surface area contributed by atoms with Crippen molar-refractivity contribution >= 4 is 15.7 Å². The molecule has 7 heteroatoms. The second-order valence-corrected chi connectivity index (χ2v) is 8.03. The first-order chi connectivity index (χ1) is 12.6. The van der Waals surface area contributed by atoms with Crippen LogP contribution in [0, 0.1) is 0 Å². The van der Waals surface area contributed by atoms with Crippen LogP contribution in [0.3, 0.4) is 0 Å². The third-order valence-electron chi connectivity index (χ3n) is 4.32. The summed E-state index contributed by atoms with van der Waals surface area (Å²) in [4.78, 5) is 2.39. The number of hydrogen-bond acceptors (Lipinski definition) is 5. The van der Waals surface area contributed by atoms with Gasteiger partial charge >= 0.3 is 0 Å². The van der Waals surface area contributed by atoms with Crippen LogP contribution in [0.2, 0.25) is 0 Å². The van der Waals surface area contributed by atoms with Crippen molar-refractivity contribution in [3.63, 3.8) is 0 Å². The maximum absolute atomic E-state index is 12.6. The average Bonchev–Trinajstić information content (AvgIpc) is 2.69. The third kappa shape index (κ3) is 4.55. The first-order valence-electron chi connectivity index (χ1n) is 8.64. The molecule has 0 bridgehead atoms. The molecule has 1 saturated heterocycles. The number of para-hydroxylation sites is 1. The summed E-state index contributed by atoms with van der Waals surface area (Å²) in [6.45, 7) is 2.92. The Labute approximate surface area is 155 Å². The monoisotopic (exact) mass is 376 g/mol. The molecule has 1 heterocycles. The molecule has 0 N–H and O–H groups in total. The molecule has 0 aliphatic carbocycles. The summed E-state index contributed by atoms with van der Waals surface area (Å²) in [6, 6.07) is 16.7. The van der Waals surface area contributed by atoms with Gasteiger partial charge in [-0.05, 0) is 36.4 Å². The smallest absolute Gasteiger partial charge is 0.243 e. The third-order valence-corrected chi connectivity index (χ3v) is 6.24. The van der Waals surface area contributed by atoms with Gasteiger partial charge in [-0.1, -0.05) is 18.2 Å². The molecule has 1 aliphatic heterocycles. The summed E-state index contributed by atoms with van der Waals surface area (Å²) in [7, 11) is -1.45. The topological polar surface area (TPSA) is 59.1 Å². The van der Waals surface area contributed by atoms with E-state index in [4.69, 9.17) is 9.47 Å². The quantitative estimate of drug-likeness (QED) is 0.742. The molecule has 0 spiro atoms. The van der Waals surface area contributed by atoms with Crippen LogP contribution in [-0.2, 0) is 14.8 Å². The molecule has 6 nitrogen and oxygen atoms in total. The van der Waals surface area contributed by atoms with Crippen molar-refractivity contribution in [2.24, 2.45) is 0 Å². The van der Waals surface area contributed by atoms with E-state index in [-0.39, 0.29) is 4.90 Å². The molecular weight excluding hydrogens is 352 g/mol. The van der Waals surface area contributed by atoms with E-state index in [0.717, 1.165) is 12.2 Å². The highest BCUT2D eigenvalue weighted by Gasteiger charge is 2.26. The van der Waals surface area contributed by atoms with Gasteiger partial charge in [-0.2, -0.15) is 4.31 Å². The highest BCUT2D eigenvalue weighted by molar-refractivity contribution is 7.89. The van der Waals surface area contributed by atoms with Crippen LogP contribution in [0.1, 0.15) is 0 Å². The number of morpholine rings is 1. The Morgan fingerprint density at radius 3 is 2.35 bits per heavy atom. The van der Waals surface area contributed by atoms with Gasteiger partial charge in [0.25, 0.3) is 0 Å². The summed E-state index contributed by atoms with van der Waals surface area (Å²) in [5.41, 5.74) is 1.13. The molecule has 0 atom stereocenters. The second-order valence-electron chi connectivity index (χ2n) is 6.09. The van der Waals surface area contributed by atoms with Crippen LogP contribution in [0.4, 0.5) is 5.69 Å². The lowest BCUT2D eigenvalue weighted by Crippen LogP contribution is -2.40. The van der Waals surface area contributed by atoms with Crippen molar-refractivity contribution in [1.82, 2.24) is 4.31 Å². The standard InChI is InChI=1S/C19H24N2O4S/c1-20(17-5-3-2-4-6-17)11-16-25-18-7-9-19(10-8-18)26(22,23)21-12-14-24-15-13-21/h2-10H,11-16H2,1H3. The Balaban J connectivity index is 1.54. The zero-order valence-electron chi connectivity index (χ0n) is 14.9. The molecular formula is C19H24N2O4S. The van der Waals surface area contributed by atoms with E-state index in [0.29, 0.717) is 38.7 Å². The highest BCUT2D eigenvalue weighted by atomic mass is 32.2. The molecule has 26 heavy (non-hydrogen) atoms. The van der Waals surface area contributed by atoms with Crippen molar-refractivity contribution in [1.29, 1.82) is 0 Å². The molecule has 1 aliphatic rings. The molecule has 2 aromatic carbocycles. The van der Waals surface area contributed by atoms with Crippen molar-refractivity contribution in [3.8, 4) is 5.75 Å². The van der Waals surface area contributed by atoms with Crippen molar-refractivity contribution < 1.29 is 17.9 Å². The van der Waals surface area contributed by atoms with Gasteiger partial charge in [0.2, 0.25) is 10.0 Å². The lowest BCUT2D eigenvalue weighted by Gasteiger charge is -2.26. The van der Waals surface area contributed by atoms with E-state index in [9.17, 15) is 8.42 Å². The zero-order chi connectivity index (χ0) is 18.4. The molecule has 0 unspecified atom stereocenters. The number of sulfonamides is 1. The Morgan fingerprint density at radius 1 is 1.04 bits per heavy atom. The normalized spacial score (nSPS) is 15.6. The van der Waals surface area contributed by atoms with E-state index in [2.05, 4.69) is 4.90 Å². The van der Waals surface area contributed by atoms with E-state index >= 15 is 0 Å². The summed E-state index contributed by atoms with van der Waals surface area (Å²) in [5, 5.41) is 0. The van der Waals surface area contributed by atoms with Gasteiger partial charge in [-0.25, -0.2) is 8.42 Å². The molecule has 140 valence electrons. The summed E-state index contributed by atoms with van der Waals surface area (Å²) in [6.07, 6.45) is 0. The number of rotatable bonds is 7. The van der Waals surface area contributed by atoms with E-state index in [1.165, 1.54) is 4.31 Å². The number of ether oxygens (including phenoxy) is 2. The predicted octanol–water partition coefficient (Wildman–Crippen LogP) is 2.22.